The number of carbonyl (C=O) groups is 2. The number of nitrogens with zero attached hydrogens (tertiary/aromatic N) is 1. The Balaban J connectivity index is 1.87. The van der Waals surface area contributed by atoms with Gasteiger partial charge in [-0.15, -0.1) is 0 Å². The maximum Gasteiger partial charge on any atom is 0.225 e. The van der Waals surface area contributed by atoms with Gasteiger partial charge in [0.25, 0.3) is 0 Å². The largest absolute Gasteiger partial charge is 0.352 e. The lowest BCUT2D eigenvalue weighted by atomic mass is 10.1. The van der Waals surface area contributed by atoms with E-state index in [1.54, 1.807) is 12.1 Å². The second kappa shape index (κ2) is 6.94. The van der Waals surface area contributed by atoms with Crippen LogP contribution in [0.15, 0.2) is 24.3 Å². The molecule has 0 bridgehead atoms. The molecule has 5 heteroatoms. The van der Waals surface area contributed by atoms with Crippen LogP contribution in [0.2, 0.25) is 5.02 Å². The minimum absolute atomic E-state index is 0.0518. The monoisotopic (exact) mass is 308 g/mol. The minimum Gasteiger partial charge on any atom is -0.352 e. The summed E-state index contributed by atoms with van der Waals surface area (Å²) in [6.07, 6.45) is 1.22. The summed E-state index contributed by atoms with van der Waals surface area (Å²) >= 11 is 5.82. The van der Waals surface area contributed by atoms with Gasteiger partial charge in [-0.1, -0.05) is 30.7 Å². The molecule has 2 rings (SSSR count). The molecule has 1 N–H and O–H groups in total. The fourth-order valence-electron chi connectivity index (χ4n) is 2.49. The van der Waals surface area contributed by atoms with Crippen molar-refractivity contribution >= 4 is 23.4 Å². The number of rotatable bonds is 5. The number of carbonyl (C=O) groups excluding carboxylic acids is 2. The van der Waals surface area contributed by atoms with Crippen LogP contribution < -0.4 is 5.32 Å². The van der Waals surface area contributed by atoms with Gasteiger partial charge in [0.2, 0.25) is 11.8 Å². The Kier molecular flexibility index (Phi) is 5.23. The van der Waals surface area contributed by atoms with Crippen LogP contribution >= 0.6 is 11.6 Å². The fourth-order valence-corrected chi connectivity index (χ4v) is 2.62. The summed E-state index contributed by atoms with van der Waals surface area (Å²) < 4.78 is 0. The molecule has 1 aliphatic rings. The summed E-state index contributed by atoms with van der Waals surface area (Å²) in [5, 5.41) is 3.57. The number of likely N-dealkylation sites (tertiary alicyclic amines) is 1. The Morgan fingerprint density at radius 2 is 2.10 bits per heavy atom. The zero-order valence-electron chi connectivity index (χ0n) is 12.4. The Morgan fingerprint density at radius 1 is 1.43 bits per heavy atom. The van der Waals surface area contributed by atoms with Crippen molar-refractivity contribution in [3.63, 3.8) is 0 Å². The van der Waals surface area contributed by atoms with Gasteiger partial charge in [-0.3, -0.25) is 9.59 Å². The van der Waals surface area contributed by atoms with Crippen LogP contribution in [0.1, 0.15) is 32.3 Å². The van der Waals surface area contributed by atoms with Gasteiger partial charge in [-0.05, 0) is 31.0 Å². The van der Waals surface area contributed by atoms with Gasteiger partial charge in [0.15, 0.2) is 0 Å². The normalized spacial score (nSPS) is 19.7. The molecule has 4 nitrogen and oxygen atoms in total. The molecule has 1 aromatic rings. The molecule has 1 fully saturated rings. The molecule has 2 unspecified atom stereocenters. The van der Waals surface area contributed by atoms with Crippen molar-refractivity contribution < 1.29 is 9.59 Å². The Bertz CT molecular complexity index is 516. The van der Waals surface area contributed by atoms with Crippen LogP contribution in [0, 0.1) is 5.92 Å². The third-order valence-electron chi connectivity index (χ3n) is 4.03. The lowest BCUT2D eigenvalue weighted by Crippen LogP contribution is -2.36. The summed E-state index contributed by atoms with van der Waals surface area (Å²) in [4.78, 5) is 25.9. The molecule has 0 saturated carbocycles. The quantitative estimate of drug-likeness (QED) is 0.909. The molecule has 0 radical (unpaired) electrons. The van der Waals surface area contributed by atoms with E-state index < -0.39 is 0 Å². The minimum atomic E-state index is -0.237. The number of nitrogens with one attached hydrogen (secondary N) is 1. The van der Waals surface area contributed by atoms with E-state index in [4.69, 9.17) is 11.6 Å². The summed E-state index contributed by atoms with van der Waals surface area (Å²) in [6.45, 7) is 5.06. The van der Waals surface area contributed by atoms with Crippen LogP contribution in [0.3, 0.4) is 0 Å². The molecule has 2 atom stereocenters. The summed E-state index contributed by atoms with van der Waals surface area (Å²) in [5.41, 5.74) is 0.996. The Hall–Kier alpha value is -1.55. The molecule has 1 saturated heterocycles. The second-order valence-electron chi connectivity index (χ2n) is 5.55. The number of benzene rings is 1. The molecular weight excluding hydrogens is 288 g/mol. The lowest BCUT2D eigenvalue weighted by Gasteiger charge is -2.23. The highest BCUT2D eigenvalue weighted by Gasteiger charge is 2.35. The maximum atomic E-state index is 12.2. The lowest BCUT2D eigenvalue weighted by molar-refractivity contribution is -0.130. The molecule has 21 heavy (non-hydrogen) atoms. The first-order valence-corrected chi connectivity index (χ1v) is 7.70. The van der Waals surface area contributed by atoms with E-state index in [0.717, 1.165) is 12.0 Å². The Labute approximate surface area is 130 Å². The van der Waals surface area contributed by atoms with Gasteiger partial charge in [-0.25, -0.2) is 0 Å². The van der Waals surface area contributed by atoms with Gasteiger partial charge >= 0.3 is 0 Å². The van der Waals surface area contributed by atoms with E-state index in [9.17, 15) is 9.59 Å². The van der Waals surface area contributed by atoms with E-state index in [1.165, 1.54) is 0 Å². The second-order valence-corrected chi connectivity index (χ2v) is 5.99. The van der Waals surface area contributed by atoms with Crippen molar-refractivity contribution in [2.24, 2.45) is 5.92 Å². The van der Waals surface area contributed by atoms with Crippen LogP contribution in [0.25, 0.3) is 0 Å². The van der Waals surface area contributed by atoms with Crippen LogP contribution in [-0.4, -0.2) is 29.3 Å². The molecule has 0 aromatic heterocycles. The summed E-state index contributed by atoms with van der Waals surface area (Å²) in [6, 6.07) is 7.56. The van der Waals surface area contributed by atoms with Crippen LogP contribution in [0.5, 0.6) is 0 Å². The number of halogens is 1. The van der Waals surface area contributed by atoms with E-state index >= 15 is 0 Å². The van der Waals surface area contributed by atoms with Crippen molar-refractivity contribution in [2.75, 3.05) is 6.54 Å². The Morgan fingerprint density at radius 3 is 2.71 bits per heavy atom. The van der Waals surface area contributed by atoms with Gasteiger partial charge in [0.05, 0.1) is 5.92 Å². The highest BCUT2D eigenvalue weighted by Crippen LogP contribution is 2.21. The summed E-state index contributed by atoms with van der Waals surface area (Å²) in [7, 11) is 0. The molecule has 2 amide bonds. The van der Waals surface area contributed by atoms with Gasteiger partial charge in [0.1, 0.15) is 0 Å². The molecule has 1 heterocycles. The van der Waals surface area contributed by atoms with Gasteiger partial charge in [-0.2, -0.15) is 0 Å². The first-order valence-electron chi connectivity index (χ1n) is 7.33. The molecular formula is C16H21ClN2O2. The van der Waals surface area contributed by atoms with Crippen LogP contribution in [0.4, 0.5) is 0 Å². The van der Waals surface area contributed by atoms with Crippen molar-refractivity contribution in [1.29, 1.82) is 0 Å². The smallest absolute Gasteiger partial charge is 0.225 e. The average Bonchev–Trinajstić information content (AvgIpc) is 2.87. The third-order valence-corrected chi connectivity index (χ3v) is 4.28. The number of hydrogen-bond acceptors (Lipinski definition) is 2. The van der Waals surface area contributed by atoms with E-state index in [-0.39, 0.29) is 23.8 Å². The third kappa shape index (κ3) is 3.97. The van der Waals surface area contributed by atoms with E-state index in [2.05, 4.69) is 5.32 Å². The topological polar surface area (TPSA) is 49.4 Å². The fraction of sp³-hybridized carbons (Fsp3) is 0.500. The SMILES string of the molecule is CCC(C)N1CC(C(=O)NCc2ccc(Cl)cc2)CC1=O. The van der Waals surface area contributed by atoms with E-state index in [0.29, 0.717) is 24.5 Å². The molecule has 1 aliphatic heterocycles. The van der Waals surface area contributed by atoms with Crippen LogP contribution in [-0.2, 0) is 16.1 Å². The van der Waals surface area contributed by atoms with Gasteiger partial charge < -0.3 is 10.2 Å². The highest BCUT2D eigenvalue weighted by atomic mass is 35.5. The number of hydrogen-bond donors (Lipinski definition) is 1. The van der Waals surface area contributed by atoms with Crippen molar-refractivity contribution in [1.82, 2.24) is 10.2 Å². The van der Waals surface area contributed by atoms with E-state index in [1.807, 2.05) is 30.9 Å². The van der Waals surface area contributed by atoms with Crippen molar-refractivity contribution in [3.05, 3.63) is 34.9 Å². The molecule has 0 spiro atoms. The predicted molar refractivity (Wildman–Crippen MR) is 82.9 cm³/mol. The first kappa shape index (κ1) is 15.8. The number of amides is 2. The van der Waals surface area contributed by atoms with Crippen molar-refractivity contribution in [3.8, 4) is 0 Å². The first-order chi connectivity index (χ1) is 10.0. The molecule has 1 aromatic carbocycles. The average molecular weight is 309 g/mol. The highest BCUT2D eigenvalue weighted by molar-refractivity contribution is 6.30. The predicted octanol–water partition coefficient (Wildman–Crippen LogP) is 2.60. The standard InChI is InChI=1S/C16H21ClN2O2/c1-3-11(2)19-10-13(8-15(19)20)16(21)18-9-12-4-6-14(17)7-5-12/h4-7,11,13H,3,8-10H2,1-2H3,(H,18,21). The molecule has 114 valence electrons. The van der Waals surface area contributed by atoms with Gasteiger partial charge in [0, 0.05) is 30.6 Å². The van der Waals surface area contributed by atoms with Crippen molar-refractivity contribution in [2.45, 2.75) is 39.3 Å². The summed E-state index contributed by atoms with van der Waals surface area (Å²) in [5.74, 6) is -0.209. The molecule has 0 aliphatic carbocycles. The zero-order valence-corrected chi connectivity index (χ0v) is 13.2. The zero-order chi connectivity index (χ0) is 15.4. The maximum absolute atomic E-state index is 12.2.